The molecule has 9 heavy (non-hydrogen) atoms. The first kappa shape index (κ1) is 9.53. The molecule has 0 spiro atoms. The van der Waals surface area contributed by atoms with Crippen LogP contribution in [0, 0.1) is 0 Å². The average Bonchev–Trinajstić information content (AvgIpc) is 1.84. The Morgan fingerprint density at radius 1 is 1.56 bits per heavy atom. The fraction of sp³-hybridized carbons (Fsp3) is 1.00. The lowest BCUT2D eigenvalue weighted by atomic mass is 10.1. The second-order valence-corrected chi connectivity index (χ2v) is 4.10. The summed E-state index contributed by atoms with van der Waals surface area (Å²) in [6, 6.07) is 0. The Labute approximate surface area is 65.1 Å². The van der Waals surface area contributed by atoms with Crippen LogP contribution in [0.2, 0.25) is 0 Å². The molecule has 0 saturated carbocycles. The summed E-state index contributed by atoms with van der Waals surface area (Å²) in [5.74, 6) is 1.20. The quantitative estimate of drug-likeness (QED) is 0.569. The highest BCUT2D eigenvalue weighted by atomic mass is 32.2. The van der Waals surface area contributed by atoms with E-state index in [9.17, 15) is 0 Å². The van der Waals surface area contributed by atoms with E-state index in [4.69, 9.17) is 4.43 Å². The number of hydrogen-bond acceptors (Lipinski definition) is 2. The molecule has 1 nitrogen and oxygen atoms in total. The van der Waals surface area contributed by atoms with Gasteiger partial charge in [-0.05, 0) is 32.3 Å². The lowest BCUT2D eigenvalue weighted by molar-refractivity contribution is 0.120. The molecule has 0 fully saturated rings. The van der Waals surface area contributed by atoms with E-state index in [1.54, 1.807) is 0 Å². The second kappa shape index (κ2) is 4.36. The summed E-state index contributed by atoms with van der Waals surface area (Å²) in [6.45, 7) is 4.30. The molecule has 0 aromatic carbocycles. The fourth-order valence-corrected chi connectivity index (χ4v) is 1.35. The van der Waals surface area contributed by atoms with Crippen molar-refractivity contribution in [3.8, 4) is 0 Å². The van der Waals surface area contributed by atoms with Gasteiger partial charge in [-0.2, -0.15) is 11.8 Å². The van der Waals surface area contributed by atoms with Gasteiger partial charge in [0.25, 0.3) is 0 Å². The van der Waals surface area contributed by atoms with Gasteiger partial charge in [0.1, 0.15) is 10.5 Å². The predicted molar refractivity (Wildman–Crippen MR) is 48.1 cm³/mol. The van der Waals surface area contributed by atoms with Crippen molar-refractivity contribution in [1.29, 1.82) is 0 Å². The Balaban J connectivity index is 3.33. The summed E-state index contributed by atoms with van der Waals surface area (Å²) in [6.07, 6.45) is 3.29. The van der Waals surface area contributed by atoms with E-state index in [1.807, 2.05) is 11.8 Å². The molecule has 0 bridgehead atoms. The number of hydrogen-bond donors (Lipinski definition) is 0. The van der Waals surface area contributed by atoms with Gasteiger partial charge in [0.2, 0.25) is 0 Å². The van der Waals surface area contributed by atoms with Crippen molar-refractivity contribution in [1.82, 2.24) is 0 Å². The summed E-state index contributed by atoms with van der Waals surface area (Å²) in [7, 11) is 0.855. The van der Waals surface area contributed by atoms with Crippen molar-refractivity contribution in [3.63, 3.8) is 0 Å². The van der Waals surface area contributed by atoms with Gasteiger partial charge in [0.05, 0.1) is 5.60 Å². The molecule has 0 aromatic rings. The molecule has 0 atom stereocenters. The van der Waals surface area contributed by atoms with Gasteiger partial charge in [-0.3, -0.25) is 0 Å². The molecular formula is C6H16OSSi. The number of rotatable bonds is 4. The van der Waals surface area contributed by atoms with Crippen molar-refractivity contribution in [2.75, 3.05) is 12.0 Å². The first-order valence-electron chi connectivity index (χ1n) is 3.16. The second-order valence-electron chi connectivity index (χ2n) is 2.71. The van der Waals surface area contributed by atoms with Crippen LogP contribution in [0.1, 0.15) is 20.3 Å². The minimum atomic E-state index is 0.134. The van der Waals surface area contributed by atoms with Gasteiger partial charge < -0.3 is 4.43 Å². The molecule has 3 heteroatoms. The maximum atomic E-state index is 5.37. The normalized spacial score (nSPS) is 12.3. The van der Waals surface area contributed by atoms with Crippen LogP contribution in [0.4, 0.5) is 0 Å². The van der Waals surface area contributed by atoms with Gasteiger partial charge in [-0.15, -0.1) is 0 Å². The Bertz CT molecular complexity index is 75.5. The van der Waals surface area contributed by atoms with Gasteiger partial charge in [0.15, 0.2) is 0 Å². The first-order chi connectivity index (χ1) is 4.12. The SMILES string of the molecule is CSCCC(C)(C)O[SiH3]. The van der Waals surface area contributed by atoms with Crippen LogP contribution in [0.25, 0.3) is 0 Å². The van der Waals surface area contributed by atoms with Crippen molar-refractivity contribution >= 4 is 22.2 Å². The smallest absolute Gasteiger partial charge is 0.146 e. The molecule has 0 radical (unpaired) electrons. The van der Waals surface area contributed by atoms with E-state index in [2.05, 4.69) is 20.1 Å². The number of thioether (sulfide) groups is 1. The predicted octanol–water partition coefficient (Wildman–Crippen LogP) is 0.815. The van der Waals surface area contributed by atoms with Crippen molar-refractivity contribution in [2.24, 2.45) is 0 Å². The molecule has 0 aliphatic heterocycles. The van der Waals surface area contributed by atoms with E-state index < -0.39 is 0 Å². The minimum Gasteiger partial charge on any atom is -0.423 e. The third kappa shape index (κ3) is 5.00. The monoisotopic (exact) mass is 164 g/mol. The van der Waals surface area contributed by atoms with E-state index in [0.717, 1.165) is 16.9 Å². The van der Waals surface area contributed by atoms with Crippen LogP contribution in [-0.2, 0) is 4.43 Å². The van der Waals surface area contributed by atoms with E-state index in [-0.39, 0.29) is 5.60 Å². The van der Waals surface area contributed by atoms with Crippen LogP contribution in [0.3, 0.4) is 0 Å². The molecule has 56 valence electrons. The third-order valence-corrected chi connectivity index (χ3v) is 3.18. The third-order valence-electron chi connectivity index (χ3n) is 1.46. The Morgan fingerprint density at radius 2 is 2.11 bits per heavy atom. The maximum Gasteiger partial charge on any atom is 0.146 e. The molecule has 0 aromatic heterocycles. The van der Waals surface area contributed by atoms with Crippen LogP contribution in [0.15, 0.2) is 0 Å². The zero-order chi connectivity index (χ0) is 7.33. The molecule has 0 heterocycles. The lowest BCUT2D eigenvalue weighted by Gasteiger charge is -2.22. The maximum absolute atomic E-state index is 5.37. The Hall–Kier alpha value is 0.527. The minimum absolute atomic E-state index is 0.134. The summed E-state index contributed by atoms with van der Waals surface area (Å²) in [5, 5.41) is 0. The average molecular weight is 164 g/mol. The molecule has 0 N–H and O–H groups in total. The summed E-state index contributed by atoms with van der Waals surface area (Å²) >= 11 is 1.88. The zero-order valence-electron chi connectivity index (χ0n) is 6.73. The van der Waals surface area contributed by atoms with Gasteiger partial charge in [-0.1, -0.05) is 0 Å². The van der Waals surface area contributed by atoms with Crippen LogP contribution < -0.4 is 0 Å². The summed E-state index contributed by atoms with van der Waals surface area (Å²) < 4.78 is 5.37. The fourth-order valence-electron chi connectivity index (χ4n) is 0.450. The Kier molecular flexibility index (Phi) is 4.61. The van der Waals surface area contributed by atoms with Crippen LogP contribution >= 0.6 is 11.8 Å². The zero-order valence-corrected chi connectivity index (χ0v) is 9.55. The standard InChI is InChI=1S/C6H16OSSi/c1-6(2,7-9)4-5-8-3/h4-5H2,1-3,9H3. The Morgan fingerprint density at radius 3 is 2.44 bits per heavy atom. The molecule has 0 saturated heterocycles. The lowest BCUT2D eigenvalue weighted by Crippen LogP contribution is -2.23. The van der Waals surface area contributed by atoms with Crippen LogP contribution in [0.5, 0.6) is 0 Å². The van der Waals surface area contributed by atoms with Crippen LogP contribution in [-0.4, -0.2) is 28.1 Å². The highest BCUT2D eigenvalue weighted by Gasteiger charge is 2.13. The van der Waals surface area contributed by atoms with Crippen molar-refractivity contribution in [2.45, 2.75) is 25.9 Å². The van der Waals surface area contributed by atoms with Crippen molar-refractivity contribution in [3.05, 3.63) is 0 Å². The molecule has 0 unspecified atom stereocenters. The van der Waals surface area contributed by atoms with Gasteiger partial charge in [-0.25, -0.2) is 0 Å². The molecular weight excluding hydrogens is 148 g/mol. The summed E-state index contributed by atoms with van der Waals surface area (Å²) in [4.78, 5) is 0. The van der Waals surface area contributed by atoms with Crippen molar-refractivity contribution < 1.29 is 4.43 Å². The molecule has 0 rings (SSSR count). The largest absolute Gasteiger partial charge is 0.423 e. The highest BCUT2D eigenvalue weighted by molar-refractivity contribution is 7.98. The molecule has 0 aliphatic carbocycles. The topological polar surface area (TPSA) is 9.23 Å². The first-order valence-corrected chi connectivity index (χ1v) is 5.37. The van der Waals surface area contributed by atoms with Gasteiger partial charge >= 0.3 is 0 Å². The summed E-state index contributed by atoms with van der Waals surface area (Å²) in [5.41, 5.74) is 0.134. The van der Waals surface area contributed by atoms with Gasteiger partial charge in [0, 0.05) is 0 Å². The van der Waals surface area contributed by atoms with E-state index >= 15 is 0 Å². The molecule has 0 aliphatic rings. The van der Waals surface area contributed by atoms with E-state index in [0.29, 0.717) is 0 Å². The van der Waals surface area contributed by atoms with E-state index in [1.165, 1.54) is 5.75 Å². The molecule has 0 amide bonds. The highest BCUT2D eigenvalue weighted by Crippen LogP contribution is 2.14.